The average Bonchev–Trinajstić information content (AvgIpc) is 2.77. The maximum absolute atomic E-state index is 8.81. The molecular weight excluding hydrogens is 246 g/mol. The molecule has 2 rings (SSSR count). The molecule has 0 atom stereocenters. The lowest BCUT2D eigenvalue weighted by Crippen LogP contribution is -2.03. The summed E-state index contributed by atoms with van der Waals surface area (Å²) >= 11 is 1.62. The van der Waals surface area contributed by atoms with Gasteiger partial charge in [0.2, 0.25) is 0 Å². The highest BCUT2D eigenvalue weighted by atomic mass is 32.1. The first-order chi connectivity index (χ1) is 8.70. The van der Waals surface area contributed by atoms with Crippen molar-refractivity contribution < 1.29 is 4.74 Å². The van der Waals surface area contributed by atoms with E-state index in [-0.39, 0.29) is 0 Å². The maximum Gasteiger partial charge on any atom is 0.143 e. The van der Waals surface area contributed by atoms with Gasteiger partial charge < -0.3 is 10.5 Å². The smallest absolute Gasteiger partial charge is 0.143 e. The zero-order chi connectivity index (χ0) is 13.0. The lowest BCUT2D eigenvalue weighted by Gasteiger charge is -2.08. The summed E-state index contributed by atoms with van der Waals surface area (Å²) in [4.78, 5) is 5.40. The van der Waals surface area contributed by atoms with E-state index in [1.54, 1.807) is 29.5 Å². The molecule has 0 aliphatic carbocycles. The highest BCUT2D eigenvalue weighted by molar-refractivity contribution is 7.09. The van der Waals surface area contributed by atoms with E-state index in [2.05, 4.69) is 11.1 Å². The summed E-state index contributed by atoms with van der Waals surface area (Å²) < 4.78 is 5.61. The zero-order valence-corrected chi connectivity index (χ0v) is 10.8. The Hall–Kier alpha value is -2.06. The third kappa shape index (κ3) is 2.79. The number of anilines is 1. The molecule has 0 radical (unpaired) electrons. The van der Waals surface area contributed by atoms with Gasteiger partial charge in [-0.15, -0.1) is 11.3 Å². The van der Waals surface area contributed by atoms with Crippen LogP contribution in [0.1, 0.15) is 16.1 Å². The summed E-state index contributed by atoms with van der Waals surface area (Å²) in [5.41, 5.74) is 9.76. The van der Waals surface area contributed by atoms with E-state index in [1.807, 2.05) is 12.4 Å². The number of hydrogen-bond donors (Lipinski definition) is 1. The van der Waals surface area contributed by atoms with E-state index in [4.69, 9.17) is 15.7 Å². The van der Waals surface area contributed by atoms with Crippen LogP contribution in [0.2, 0.25) is 0 Å². The Morgan fingerprint density at radius 1 is 1.50 bits per heavy atom. The van der Waals surface area contributed by atoms with E-state index >= 15 is 0 Å². The molecule has 92 valence electrons. The lowest BCUT2D eigenvalue weighted by molar-refractivity contribution is 0.324. The second-order valence-electron chi connectivity index (χ2n) is 3.82. The quantitative estimate of drug-likeness (QED) is 0.856. The molecule has 0 unspecified atom stereocenters. The Bertz CT molecular complexity index is 586. The number of ether oxygens (including phenoxy) is 1. The van der Waals surface area contributed by atoms with E-state index in [1.165, 1.54) is 4.88 Å². The van der Waals surface area contributed by atoms with Gasteiger partial charge in [0, 0.05) is 17.4 Å². The molecule has 0 saturated heterocycles. The minimum Gasteiger partial charge on any atom is -0.491 e. The molecule has 4 nitrogen and oxygen atoms in total. The number of rotatable bonds is 4. The van der Waals surface area contributed by atoms with Crippen LogP contribution in [0.5, 0.6) is 5.75 Å². The third-order valence-electron chi connectivity index (χ3n) is 2.57. The Labute approximate surface area is 110 Å². The van der Waals surface area contributed by atoms with Gasteiger partial charge in [0.05, 0.1) is 35.1 Å². The summed E-state index contributed by atoms with van der Waals surface area (Å²) in [6.07, 6.45) is 0.798. The van der Waals surface area contributed by atoms with E-state index < -0.39 is 0 Å². The second kappa shape index (κ2) is 5.52. The van der Waals surface area contributed by atoms with Crippen molar-refractivity contribution in [1.29, 1.82) is 5.26 Å². The minimum absolute atomic E-state index is 0.530. The van der Waals surface area contributed by atoms with Crippen LogP contribution in [0.3, 0.4) is 0 Å². The Morgan fingerprint density at radius 3 is 3.00 bits per heavy atom. The van der Waals surface area contributed by atoms with E-state index in [0.717, 1.165) is 12.1 Å². The summed E-state index contributed by atoms with van der Waals surface area (Å²) in [5, 5.41) is 8.81. The third-order valence-corrected chi connectivity index (χ3v) is 3.57. The molecule has 0 bridgehead atoms. The average molecular weight is 259 g/mol. The molecule has 0 aliphatic rings. The first-order valence-corrected chi connectivity index (χ1v) is 6.40. The minimum atomic E-state index is 0.530. The molecule has 0 amide bonds. The van der Waals surface area contributed by atoms with Crippen LogP contribution < -0.4 is 10.5 Å². The fourth-order valence-corrected chi connectivity index (χ4v) is 2.31. The van der Waals surface area contributed by atoms with Crippen molar-refractivity contribution in [3.05, 3.63) is 39.8 Å². The monoisotopic (exact) mass is 259 g/mol. The molecule has 1 aromatic heterocycles. The van der Waals surface area contributed by atoms with Gasteiger partial charge in [-0.05, 0) is 19.1 Å². The summed E-state index contributed by atoms with van der Waals surface area (Å²) in [7, 11) is 0. The van der Waals surface area contributed by atoms with Crippen molar-refractivity contribution in [3.63, 3.8) is 0 Å². The van der Waals surface area contributed by atoms with Crippen LogP contribution in [-0.2, 0) is 6.42 Å². The highest BCUT2D eigenvalue weighted by Crippen LogP contribution is 2.23. The molecule has 2 N–H and O–H groups in total. The molecule has 1 aromatic carbocycles. The summed E-state index contributed by atoms with van der Waals surface area (Å²) in [6.45, 7) is 2.51. The van der Waals surface area contributed by atoms with Gasteiger partial charge in [-0.25, -0.2) is 4.98 Å². The number of benzene rings is 1. The summed E-state index contributed by atoms with van der Waals surface area (Å²) in [6, 6.07) is 7.09. The van der Waals surface area contributed by atoms with Crippen LogP contribution >= 0.6 is 11.3 Å². The van der Waals surface area contributed by atoms with Gasteiger partial charge in [0.25, 0.3) is 0 Å². The topological polar surface area (TPSA) is 71.9 Å². The van der Waals surface area contributed by atoms with Crippen molar-refractivity contribution in [1.82, 2.24) is 4.98 Å². The molecule has 2 aromatic rings. The molecule has 0 saturated carbocycles. The van der Waals surface area contributed by atoms with Crippen molar-refractivity contribution in [2.75, 3.05) is 12.3 Å². The molecule has 1 heterocycles. The van der Waals surface area contributed by atoms with Gasteiger partial charge in [-0.2, -0.15) is 5.26 Å². The molecular formula is C13H13N3OS. The van der Waals surface area contributed by atoms with E-state index in [9.17, 15) is 0 Å². The van der Waals surface area contributed by atoms with Crippen molar-refractivity contribution in [2.45, 2.75) is 13.3 Å². The van der Waals surface area contributed by atoms with Gasteiger partial charge >= 0.3 is 0 Å². The van der Waals surface area contributed by atoms with Gasteiger partial charge in [-0.1, -0.05) is 0 Å². The largest absolute Gasteiger partial charge is 0.491 e. The van der Waals surface area contributed by atoms with Crippen molar-refractivity contribution in [3.8, 4) is 11.8 Å². The molecule has 5 heteroatoms. The predicted molar refractivity (Wildman–Crippen MR) is 71.6 cm³/mol. The lowest BCUT2D eigenvalue weighted by atomic mass is 10.2. The maximum atomic E-state index is 8.81. The zero-order valence-electron chi connectivity index (χ0n) is 10.0. The number of aryl methyl sites for hydroxylation is 1. The molecule has 0 spiro atoms. The van der Waals surface area contributed by atoms with Crippen LogP contribution in [0.25, 0.3) is 0 Å². The van der Waals surface area contributed by atoms with E-state index in [0.29, 0.717) is 23.6 Å². The fourth-order valence-electron chi connectivity index (χ4n) is 1.55. The standard InChI is InChI=1S/C13H13N3OS/c1-9-13(18-8-16-9)4-5-17-12-6-10(7-14)2-3-11(12)15/h2-3,6,8H,4-5,15H2,1H3. The predicted octanol–water partition coefficient (Wildman–Crippen LogP) is 2.53. The van der Waals surface area contributed by atoms with Crippen molar-refractivity contribution in [2.24, 2.45) is 0 Å². The summed E-state index contributed by atoms with van der Waals surface area (Å²) in [5.74, 6) is 0.566. The molecule has 18 heavy (non-hydrogen) atoms. The fraction of sp³-hybridized carbons (Fsp3) is 0.231. The Morgan fingerprint density at radius 2 is 2.33 bits per heavy atom. The number of nitrogen functional groups attached to an aromatic ring is 1. The first kappa shape index (κ1) is 12.4. The van der Waals surface area contributed by atoms with Gasteiger partial charge in [0.15, 0.2) is 0 Å². The van der Waals surface area contributed by atoms with Crippen molar-refractivity contribution >= 4 is 17.0 Å². The second-order valence-corrected chi connectivity index (χ2v) is 4.76. The Kier molecular flexibility index (Phi) is 3.80. The number of hydrogen-bond acceptors (Lipinski definition) is 5. The number of nitrogens with zero attached hydrogens (tertiary/aromatic N) is 2. The molecule has 0 fully saturated rings. The number of aromatic nitrogens is 1. The normalized spacial score (nSPS) is 10.0. The number of nitrogens with two attached hydrogens (primary N) is 1. The van der Waals surface area contributed by atoms with Crippen LogP contribution in [0.4, 0.5) is 5.69 Å². The molecule has 0 aliphatic heterocycles. The highest BCUT2D eigenvalue weighted by Gasteiger charge is 2.04. The number of nitriles is 1. The van der Waals surface area contributed by atoms with Crippen LogP contribution in [0.15, 0.2) is 23.7 Å². The van der Waals surface area contributed by atoms with Gasteiger partial charge in [0.1, 0.15) is 5.75 Å². The van der Waals surface area contributed by atoms with Gasteiger partial charge in [-0.3, -0.25) is 0 Å². The van der Waals surface area contributed by atoms with Crippen LogP contribution in [0, 0.1) is 18.3 Å². The Balaban J connectivity index is 1.98. The number of thiazole rings is 1. The SMILES string of the molecule is Cc1ncsc1CCOc1cc(C#N)ccc1N. The van der Waals surface area contributed by atoms with Crippen LogP contribution in [-0.4, -0.2) is 11.6 Å². The first-order valence-electron chi connectivity index (χ1n) is 5.52.